The highest BCUT2D eigenvalue weighted by atomic mass is 32.2. The minimum Gasteiger partial charge on any atom is -0.292 e. The number of Topliss-reactive ketones (excluding diaryl/α,β-unsaturated/α-hetero) is 1. The van der Waals surface area contributed by atoms with E-state index in [-0.39, 0.29) is 5.78 Å². The van der Waals surface area contributed by atoms with Crippen LogP contribution in [0.1, 0.15) is 12.5 Å². The second kappa shape index (κ2) is 7.27. The first kappa shape index (κ1) is 16.2. The number of ketones is 1. The summed E-state index contributed by atoms with van der Waals surface area (Å²) in [4.78, 5) is 17.3. The summed E-state index contributed by atoms with van der Waals surface area (Å²) in [6, 6.07) is 17.6. The molecule has 3 aromatic rings. The van der Waals surface area contributed by atoms with Gasteiger partial charge >= 0.3 is 0 Å². The molecule has 0 aliphatic carbocycles. The number of pyridine rings is 1. The quantitative estimate of drug-likeness (QED) is 0.326. The summed E-state index contributed by atoms with van der Waals surface area (Å²) < 4.78 is 0. The molecule has 0 saturated carbocycles. The number of anilines is 1. The number of para-hydroxylation sites is 2. The zero-order chi connectivity index (χ0) is 16.9. The Morgan fingerprint density at radius 1 is 1.08 bits per heavy atom. The Kier molecular flexibility index (Phi) is 4.91. The Bertz CT molecular complexity index is 916. The number of hydrogen-bond acceptors (Lipinski definition) is 5. The molecule has 120 valence electrons. The summed E-state index contributed by atoms with van der Waals surface area (Å²) in [5.41, 5.74) is 5.81. The van der Waals surface area contributed by atoms with E-state index in [1.807, 2.05) is 61.5 Å². The van der Waals surface area contributed by atoms with E-state index in [1.54, 1.807) is 6.20 Å². The number of aromatic nitrogens is 1. The van der Waals surface area contributed by atoms with Gasteiger partial charge in [-0.3, -0.25) is 15.2 Å². The minimum atomic E-state index is -0.0889. The van der Waals surface area contributed by atoms with E-state index in [2.05, 4.69) is 15.5 Å². The Morgan fingerprint density at radius 3 is 2.67 bits per heavy atom. The summed E-state index contributed by atoms with van der Waals surface area (Å²) in [5, 5.41) is 5.75. The number of hydrogen-bond donors (Lipinski definition) is 1. The molecule has 0 aliphatic heterocycles. The van der Waals surface area contributed by atoms with Crippen molar-refractivity contribution in [2.75, 3.05) is 5.43 Å². The van der Waals surface area contributed by atoms with E-state index < -0.39 is 0 Å². The van der Waals surface area contributed by atoms with Gasteiger partial charge in [0, 0.05) is 23.4 Å². The summed E-state index contributed by atoms with van der Waals surface area (Å²) in [7, 11) is 0. The highest BCUT2D eigenvalue weighted by molar-refractivity contribution is 8.15. The van der Waals surface area contributed by atoms with Crippen LogP contribution >= 0.6 is 11.8 Å². The van der Waals surface area contributed by atoms with Crippen molar-refractivity contribution in [1.82, 2.24) is 4.98 Å². The third-order valence-electron chi connectivity index (χ3n) is 3.53. The van der Waals surface area contributed by atoms with E-state index in [0.29, 0.717) is 5.04 Å². The molecule has 0 radical (unpaired) electrons. The molecule has 2 aromatic carbocycles. The van der Waals surface area contributed by atoms with Crippen LogP contribution in [0.2, 0.25) is 0 Å². The number of rotatable bonds is 4. The molecule has 1 N–H and O–H groups in total. The molecular weight excluding hydrogens is 318 g/mol. The monoisotopic (exact) mass is 335 g/mol. The number of hydrazone groups is 1. The van der Waals surface area contributed by atoms with Gasteiger partial charge in [0.2, 0.25) is 0 Å². The number of fused-ring (bicyclic) bond motifs is 1. The molecule has 1 aromatic heterocycles. The molecule has 3 rings (SSSR count). The van der Waals surface area contributed by atoms with E-state index in [1.165, 1.54) is 18.7 Å². The smallest absolute Gasteiger partial charge is 0.186 e. The normalized spacial score (nSPS) is 11.5. The lowest BCUT2D eigenvalue weighted by atomic mass is 10.2. The minimum absolute atomic E-state index is 0.0889. The third-order valence-corrected chi connectivity index (χ3v) is 4.65. The van der Waals surface area contributed by atoms with Crippen molar-refractivity contribution in [3.8, 4) is 0 Å². The Balaban J connectivity index is 1.90. The number of thioether (sulfide) groups is 1. The van der Waals surface area contributed by atoms with Gasteiger partial charge in [-0.25, -0.2) is 0 Å². The number of carbonyl (C=O) groups excluding carboxylic acids is 1. The number of nitrogens with one attached hydrogen (secondary N) is 1. The number of benzene rings is 2. The van der Waals surface area contributed by atoms with Crippen LogP contribution in [0, 0.1) is 6.92 Å². The first-order chi connectivity index (χ1) is 11.6. The number of aryl methyl sites for hydroxylation is 1. The molecule has 0 saturated heterocycles. The summed E-state index contributed by atoms with van der Waals surface area (Å²) in [5.74, 6) is -0.0889. The van der Waals surface area contributed by atoms with Gasteiger partial charge in [0.25, 0.3) is 0 Å². The fraction of sp³-hybridized carbons (Fsp3) is 0.105. The van der Waals surface area contributed by atoms with Crippen LogP contribution in [0.3, 0.4) is 0 Å². The van der Waals surface area contributed by atoms with Gasteiger partial charge in [-0.2, -0.15) is 5.10 Å². The van der Waals surface area contributed by atoms with Gasteiger partial charge in [-0.05, 0) is 30.7 Å². The van der Waals surface area contributed by atoms with Crippen molar-refractivity contribution in [1.29, 1.82) is 0 Å². The fourth-order valence-electron chi connectivity index (χ4n) is 2.25. The van der Waals surface area contributed by atoms with E-state index in [0.717, 1.165) is 27.0 Å². The average molecular weight is 335 g/mol. The van der Waals surface area contributed by atoms with Gasteiger partial charge in [0.05, 0.1) is 11.2 Å². The van der Waals surface area contributed by atoms with Gasteiger partial charge in [0.1, 0.15) is 0 Å². The van der Waals surface area contributed by atoms with Crippen molar-refractivity contribution in [2.24, 2.45) is 5.10 Å². The summed E-state index contributed by atoms with van der Waals surface area (Å²) in [6.45, 7) is 3.51. The number of nitrogens with zero attached hydrogens (tertiary/aromatic N) is 2. The Labute approximate surface area is 145 Å². The van der Waals surface area contributed by atoms with Crippen molar-refractivity contribution < 1.29 is 4.79 Å². The highest BCUT2D eigenvalue weighted by Crippen LogP contribution is 2.27. The zero-order valence-corrected chi connectivity index (χ0v) is 14.3. The first-order valence-electron chi connectivity index (χ1n) is 7.57. The largest absolute Gasteiger partial charge is 0.292 e. The number of carbonyl (C=O) groups is 1. The molecule has 0 bridgehead atoms. The topological polar surface area (TPSA) is 54.4 Å². The van der Waals surface area contributed by atoms with Gasteiger partial charge < -0.3 is 0 Å². The van der Waals surface area contributed by atoms with Crippen molar-refractivity contribution in [2.45, 2.75) is 18.7 Å². The molecule has 1 heterocycles. The maximum absolute atomic E-state index is 12.0. The fourth-order valence-corrected chi connectivity index (χ4v) is 3.10. The molecule has 4 nitrogen and oxygen atoms in total. The second-order valence-corrected chi connectivity index (χ2v) is 6.36. The molecule has 0 spiro atoms. The molecule has 0 amide bonds. The van der Waals surface area contributed by atoms with Crippen LogP contribution in [0.25, 0.3) is 10.9 Å². The molecule has 5 heteroatoms. The Morgan fingerprint density at radius 2 is 1.88 bits per heavy atom. The predicted octanol–water partition coefficient (Wildman–Crippen LogP) is 4.65. The van der Waals surface area contributed by atoms with Gasteiger partial charge in [0.15, 0.2) is 10.8 Å². The molecule has 24 heavy (non-hydrogen) atoms. The van der Waals surface area contributed by atoms with Crippen molar-refractivity contribution in [3.63, 3.8) is 0 Å². The van der Waals surface area contributed by atoms with Crippen LogP contribution in [-0.4, -0.2) is 15.8 Å². The molecule has 0 atom stereocenters. The average Bonchev–Trinajstić information content (AvgIpc) is 2.59. The standard InChI is InChI=1S/C19H17N3OS/c1-13-7-3-4-10-16(13)21-22-19(14(2)23)24-17-11-5-8-15-9-6-12-20-18(15)17/h3-12,21H,1-2H3/b22-19+. The lowest BCUT2D eigenvalue weighted by Crippen LogP contribution is -2.08. The van der Waals surface area contributed by atoms with Gasteiger partial charge in [-0.1, -0.05) is 48.2 Å². The lowest BCUT2D eigenvalue weighted by molar-refractivity contribution is -0.110. The van der Waals surface area contributed by atoms with E-state index in [9.17, 15) is 4.79 Å². The summed E-state index contributed by atoms with van der Waals surface area (Å²) in [6.07, 6.45) is 1.75. The first-order valence-corrected chi connectivity index (χ1v) is 8.38. The maximum Gasteiger partial charge on any atom is 0.186 e. The molecular formula is C19H17N3OS. The Hall–Kier alpha value is -2.66. The van der Waals surface area contributed by atoms with E-state index >= 15 is 0 Å². The van der Waals surface area contributed by atoms with Crippen LogP contribution in [0.15, 0.2) is 70.8 Å². The van der Waals surface area contributed by atoms with Crippen molar-refractivity contribution >= 4 is 39.2 Å². The zero-order valence-electron chi connectivity index (χ0n) is 13.5. The molecule has 0 fully saturated rings. The van der Waals surface area contributed by atoms with Crippen LogP contribution < -0.4 is 5.43 Å². The SMILES string of the molecule is CC(=O)/C(=N\Nc1ccccc1C)Sc1cccc2cccnc12. The molecule has 0 aliphatic rings. The predicted molar refractivity (Wildman–Crippen MR) is 101 cm³/mol. The van der Waals surface area contributed by atoms with Crippen molar-refractivity contribution in [3.05, 3.63) is 66.4 Å². The van der Waals surface area contributed by atoms with Crippen LogP contribution in [-0.2, 0) is 4.79 Å². The molecule has 0 unspecified atom stereocenters. The lowest BCUT2D eigenvalue weighted by Gasteiger charge is -2.08. The second-order valence-electron chi connectivity index (χ2n) is 5.33. The van der Waals surface area contributed by atoms with E-state index in [4.69, 9.17) is 0 Å². The maximum atomic E-state index is 12.0. The third kappa shape index (κ3) is 3.63. The highest BCUT2D eigenvalue weighted by Gasteiger charge is 2.12. The van der Waals surface area contributed by atoms with Crippen LogP contribution in [0.4, 0.5) is 5.69 Å². The van der Waals surface area contributed by atoms with Crippen LogP contribution in [0.5, 0.6) is 0 Å². The summed E-state index contributed by atoms with van der Waals surface area (Å²) >= 11 is 1.33. The van der Waals surface area contributed by atoms with Gasteiger partial charge in [-0.15, -0.1) is 0 Å².